The molecular weight excluding hydrogens is 190 g/mol. The van der Waals surface area contributed by atoms with Gasteiger partial charge < -0.3 is 10.2 Å². The van der Waals surface area contributed by atoms with Gasteiger partial charge in [0.15, 0.2) is 17.1 Å². The molecule has 0 spiro atoms. The number of fused-ring (bicyclic) bond motifs is 1. The summed E-state index contributed by atoms with van der Waals surface area (Å²) in [6, 6.07) is 3.78. The predicted molar refractivity (Wildman–Crippen MR) is 58.3 cm³/mol. The molecule has 2 heterocycles. The molecule has 4 heteroatoms. The first kappa shape index (κ1) is 10.1. The summed E-state index contributed by atoms with van der Waals surface area (Å²) >= 11 is 0. The zero-order valence-electron chi connectivity index (χ0n) is 8.97. The number of nitrogens with zero attached hydrogens (tertiary/aromatic N) is 2. The van der Waals surface area contributed by atoms with Crippen LogP contribution in [0.15, 0.2) is 22.7 Å². The maximum Gasteiger partial charge on any atom is 0.198 e. The van der Waals surface area contributed by atoms with E-state index in [0.717, 1.165) is 5.58 Å². The lowest BCUT2D eigenvalue weighted by atomic mass is 10.0. The van der Waals surface area contributed by atoms with Crippen LogP contribution in [0, 0.1) is 5.92 Å². The van der Waals surface area contributed by atoms with Crippen LogP contribution in [0.5, 0.6) is 0 Å². The van der Waals surface area contributed by atoms with E-state index < -0.39 is 0 Å². The summed E-state index contributed by atoms with van der Waals surface area (Å²) in [6.45, 7) is 4.18. The second kappa shape index (κ2) is 3.98. The molecule has 2 rings (SSSR count). The van der Waals surface area contributed by atoms with Gasteiger partial charge in [0.05, 0.1) is 0 Å². The van der Waals surface area contributed by atoms with Crippen molar-refractivity contribution >= 4 is 11.2 Å². The third-order valence-corrected chi connectivity index (χ3v) is 2.48. The average Bonchev–Trinajstić information content (AvgIpc) is 2.59. The van der Waals surface area contributed by atoms with E-state index in [1.165, 1.54) is 0 Å². The van der Waals surface area contributed by atoms with Gasteiger partial charge in [-0.05, 0) is 18.1 Å². The molecule has 2 aromatic rings. The SMILES string of the molecule is CC(C)C(N)Cc1nc2ncccc2o1. The van der Waals surface area contributed by atoms with Crippen molar-refractivity contribution in [3.05, 3.63) is 24.2 Å². The Morgan fingerprint density at radius 1 is 1.47 bits per heavy atom. The molecule has 0 saturated carbocycles. The van der Waals surface area contributed by atoms with Crippen molar-refractivity contribution in [2.45, 2.75) is 26.3 Å². The molecule has 0 saturated heterocycles. The topological polar surface area (TPSA) is 64.9 Å². The monoisotopic (exact) mass is 205 g/mol. The maximum atomic E-state index is 5.95. The van der Waals surface area contributed by atoms with Gasteiger partial charge in [-0.3, -0.25) is 0 Å². The molecule has 2 N–H and O–H groups in total. The van der Waals surface area contributed by atoms with Gasteiger partial charge in [0.1, 0.15) is 0 Å². The van der Waals surface area contributed by atoms with Crippen LogP contribution in [-0.2, 0) is 6.42 Å². The molecule has 0 bridgehead atoms. The van der Waals surface area contributed by atoms with Crippen molar-refractivity contribution in [1.82, 2.24) is 9.97 Å². The van der Waals surface area contributed by atoms with E-state index in [1.54, 1.807) is 6.20 Å². The van der Waals surface area contributed by atoms with Gasteiger partial charge >= 0.3 is 0 Å². The van der Waals surface area contributed by atoms with Gasteiger partial charge in [-0.15, -0.1) is 0 Å². The normalized spacial score (nSPS) is 13.6. The summed E-state index contributed by atoms with van der Waals surface area (Å²) in [5, 5.41) is 0. The number of pyridine rings is 1. The molecule has 0 radical (unpaired) electrons. The van der Waals surface area contributed by atoms with Crippen LogP contribution >= 0.6 is 0 Å². The standard InChI is InChI=1S/C11H15N3O/c1-7(2)8(12)6-10-14-11-9(15-10)4-3-5-13-11/h3-5,7-8H,6,12H2,1-2H3. The van der Waals surface area contributed by atoms with E-state index in [-0.39, 0.29) is 6.04 Å². The maximum absolute atomic E-state index is 5.95. The molecule has 0 aliphatic rings. The van der Waals surface area contributed by atoms with Crippen LogP contribution in [0.25, 0.3) is 11.2 Å². The minimum absolute atomic E-state index is 0.0815. The fourth-order valence-corrected chi connectivity index (χ4v) is 1.34. The largest absolute Gasteiger partial charge is 0.439 e. The molecule has 80 valence electrons. The predicted octanol–water partition coefficient (Wildman–Crippen LogP) is 1.75. The summed E-state index contributed by atoms with van der Waals surface area (Å²) in [6.07, 6.45) is 2.37. The highest BCUT2D eigenvalue weighted by molar-refractivity contribution is 5.66. The Kier molecular flexibility index (Phi) is 2.68. The third-order valence-electron chi connectivity index (χ3n) is 2.48. The van der Waals surface area contributed by atoms with Crippen molar-refractivity contribution in [3.8, 4) is 0 Å². The van der Waals surface area contributed by atoms with Crippen LogP contribution in [-0.4, -0.2) is 16.0 Å². The first-order chi connectivity index (χ1) is 7.16. The Bertz CT molecular complexity index is 417. The van der Waals surface area contributed by atoms with E-state index >= 15 is 0 Å². The van der Waals surface area contributed by atoms with E-state index in [9.17, 15) is 0 Å². The fraction of sp³-hybridized carbons (Fsp3) is 0.455. The van der Waals surface area contributed by atoms with Gasteiger partial charge in [0, 0.05) is 18.7 Å². The highest BCUT2D eigenvalue weighted by atomic mass is 16.3. The number of hydrogen-bond acceptors (Lipinski definition) is 4. The lowest BCUT2D eigenvalue weighted by molar-refractivity contribution is 0.433. The lowest BCUT2D eigenvalue weighted by Gasteiger charge is -2.12. The van der Waals surface area contributed by atoms with Crippen LogP contribution in [0.4, 0.5) is 0 Å². The van der Waals surface area contributed by atoms with Crippen molar-refractivity contribution in [3.63, 3.8) is 0 Å². The molecule has 1 unspecified atom stereocenters. The molecule has 1 atom stereocenters. The first-order valence-electron chi connectivity index (χ1n) is 5.13. The number of rotatable bonds is 3. The molecule has 4 nitrogen and oxygen atoms in total. The van der Waals surface area contributed by atoms with E-state index in [2.05, 4.69) is 23.8 Å². The smallest absolute Gasteiger partial charge is 0.198 e. The number of hydrogen-bond donors (Lipinski definition) is 1. The van der Waals surface area contributed by atoms with E-state index in [0.29, 0.717) is 23.9 Å². The molecule has 15 heavy (non-hydrogen) atoms. The molecule has 0 fully saturated rings. The minimum Gasteiger partial charge on any atom is -0.439 e. The Morgan fingerprint density at radius 3 is 2.93 bits per heavy atom. The molecule has 0 amide bonds. The zero-order chi connectivity index (χ0) is 10.8. The molecule has 0 aliphatic carbocycles. The minimum atomic E-state index is 0.0815. The Balaban J connectivity index is 2.22. The van der Waals surface area contributed by atoms with Gasteiger partial charge in [-0.25, -0.2) is 4.98 Å². The Morgan fingerprint density at radius 2 is 2.27 bits per heavy atom. The third kappa shape index (κ3) is 2.15. The Labute approximate surface area is 88.5 Å². The van der Waals surface area contributed by atoms with Crippen molar-refractivity contribution in [2.24, 2.45) is 11.7 Å². The summed E-state index contributed by atoms with van der Waals surface area (Å²) < 4.78 is 5.54. The summed E-state index contributed by atoms with van der Waals surface area (Å²) in [7, 11) is 0. The average molecular weight is 205 g/mol. The van der Waals surface area contributed by atoms with Crippen molar-refractivity contribution in [1.29, 1.82) is 0 Å². The lowest BCUT2D eigenvalue weighted by Crippen LogP contribution is -2.28. The van der Waals surface area contributed by atoms with Crippen LogP contribution in [0.2, 0.25) is 0 Å². The summed E-state index contributed by atoms with van der Waals surface area (Å²) in [5.74, 6) is 1.10. The molecule has 0 aliphatic heterocycles. The number of nitrogens with two attached hydrogens (primary N) is 1. The second-order valence-corrected chi connectivity index (χ2v) is 4.04. The van der Waals surface area contributed by atoms with Gasteiger partial charge in [0.2, 0.25) is 0 Å². The molecule has 2 aromatic heterocycles. The Hall–Kier alpha value is -1.42. The zero-order valence-corrected chi connectivity index (χ0v) is 8.97. The van der Waals surface area contributed by atoms with Crippen LogP contribution in [0.3, 0.4) is 0 Å². The van der Waals surface area contributed by atoms with E-state index in [4.69, 9.17) is 10.2 Å². The highest BCUT2D eigenvalue weighted by Gasteiger charge is 2.13. The summed E-state index contributed by atoms with van der Waals surface area (Å²) in [5.41, 5.74) is 7.33. The van der Waals surface area contributed by atoms with Crippen LogP contribution in [0.1, 0.15) is 19.7 Å². The van der Waals surface area contributed by atoms with Crippen molar-refractivity contribution < 1.29 is 4.42 Å². The fourth-order valence-electron chi connectivity index (χ4n) is 1.34. The van der Waals surface area contributed by atoms with Crippen molar-refractivity contribution in [2.75, 3.05) is 0 Å². The first-order valence-corrected chi connectivity index (χ1v) is 5.13. The number of oxazole rings is 1. The second-order valence-electron chi connectivity index (χ2n) is 4.04. The molecular formula is C11H15N3O. The highest BCUT2D eigenvalue weighted by Crippen LogP contribution is 2.14. The molecule has 0 aromatic carbocycles. The quantitative estimate of drug-likeness (QED) is 0.829. The summed E-state index contributed by atoms with van der Waals surface area (Å²) in [4.78, 5) is 8.39. The van der Waals surface area contributed by atoms with Gasteiger partial charge in [-0.1, -0.05) is 13.8 Å². The van der Waals surface area contributed by atoms with Gasteiger partial charge in [0.25, 0.3) is 0 Å². The van der Waals surface area contributed by atoms with E-state index in [1.807, 2.05) is 12.1 Å². The van der Waals surface area contributed by atoms with Gasteiger partial charge in [-0.2, -0.15) is 4.98 Å². The number of aromatic nitrogens is 2. The van der Waals surface area contributed by atoms with Crippen LogP contribution < -0.4 is 5.73 Å².